The van der Waals surface area contributed by atoms with Crippen molar-refractivity contribution >= 4 is 5.97 Å². The molecule has 1 rings (SSSR count). The maximum Gasteiger partial charge on any atom is 0.333 e. The van der Waals surface area contributed by atoms with E-state index in [9.17, 15) is 9.90 Å². The Bertz CT molecular complexity index is 242. The average Bonchev–Trinajstić information content (AvgIpc) is 2.30. The van der Waals surface area contributed by atoms with Gasteiger partial charge in [0.1, 0.15) is 0 Å². The van der Waals surface area contributed by atoms with E-state index in [0.717, 1.165) is 12.8 Å². The highest BCUT2D eigenvalue weighted by Crippen LogP contribution is 2.30. The Morgan fingerprint density at radius 1 is 1.44 bits per heavy atom. The van der Waals surface area contributed by atoms with Gasteiger partial charge in [0, 0.05) is 18.1 Å². The smallest absolute Gasteiger partial charge is 0.333 e. The highest BCUT2D eigenvalue weighted by molar-refractivity contribution is 5.86. The molecular formula is C13H22O3. The molecule has 92 valence electrons. The standard InChI is InChI=1S/C13H22O3/c1-10(2)13(15)16-9-12(8-14)11-6-4-3-5-7-11/h11-12,14H,1,3-9H2,2H3. The van der Waals surface area contributed by atoms with Crippen molar-refractivity contribution in [3.8, 4) is 0 Å². The summed E-state index contributed by atoms with van der Waals surface area (Å²) in [5.41, 5.74) is 0.417. The summed E-state index contributed by atoms with van der Waals surface area (Å²) in [6.07, 6.45) is 6.05. The van der Waals surface area contributed by atoms with Gasteiger partial charge < -0.3 is 9.84 Å². The van der Waals surface area contributed by atoms with Gasteiger partial charge in [-0.15, -0.1) is 0 Å². The van der Waals surface area contributed by atoms with Crippen LogP contribution in [-0.2, 0) is 9.53 Å². The average molecular weight is 226 g/mol. The van der Waals surface area contributed by atoms with Gasteiger partial charge in [-0.3, -0.25) is 0 Å². The molecule has 0 aromatic rings. The lowest BCUT2D eigenvalue weighted by molar-refractivity contribution is -0.141. The van der Waals surface area contributed by atoms with E-state index in [1.807, 2.05) is 0 Å². The van der Waals surface area contributed by atoms with Crippen LogP contribution in [0.4, 0.5) is 0 Å². The van der Waals surface area contributed by atoms with Crippen LogP contribution < -0.4 is 0 Å². The molecule has 0 heterocycles. The van der Waals surface area contributed by atoms with Crippen LogP contribution >= 0.6 is 0 Å². The van der Waals surface area contributed by atoms with Gasteiger partial charge in [0.25, 0.3) is 0 Å². The van der Waals surface area contributed by atoms with E-state index in [0.29, 0.717) is 18.1 Å². The number of hydrogen-bond acceptors (Lipinski definition) is 3. The quantitative estimate of drug-likeness (QED) is 0.578. The predicted molar refractivity (Wildman–Crippen MR) is 62.9 cm³/mol. The molecule has 1 N–H and O–H groups in total. The van der Waals surface area contributed by atoms with Crippen LogP contribution in [-0.4, -0.2) is 24.3 Å². The molecule has 1 saturated carbocycles. The number of rotatable bonds is 5. The number of aliphatic hydroxyl groups excluding tert-OH is 1. The van der Waals surface area contributed by atoms with E-state index >= 15 is 0 Å². The Kier molecular flexibility index (Phi) is 5.53. The molecule has 0 amide bonds. The molecular weight excluding hydrogens is 204 g/mol. The van der Waals surface area contributed by atoms with E-state index < -0.39 is 0 Å². The lowest BCUT2D eigenvalue weighted by Gasteiger charge is -2.28. The highest BCUT2D eigenvalue weighted by Gasteiger charge is 2.24. The minimum Gasteiger partial charge on any atom is -0.462 e. The van der Waals surface area contributed by atoms with Crippen LogP contribution in [0.15, 0.2) is 12.2 Å². The van der Waals surface area contributed by atoms with Gasteiger partial charge in [-0.1, -0.05) is 25.8 Å². The molecule has 0 aliphatic heterocycles. The SMILES string of the molecule is C=C(C)C(=O)OCC(CO)C1CCCCC1. The van der Waals surface area contributed by atoms with Crippen molar-refractivity contribution < 1.29 is 14.6 Å². The van der Waals surface area contributed by atoms with Crippen LogP contribution in [0.5, 0.6) is 0 Å². The topological polar surface area (TPSA) is 46.5 Å². The first-order chi connectivity index (χ1) is 7.65. The molecule has 0 aromatic heterocycles. The van der Waals surface area contributed by atoms with Crippen molar-refractivity contribution in [3.63, 3.8) is 0 Å². The van der Waals surface area contributed by atoms with Crippen LogP contribution in [0.25, 0.3) is 0 Å². The minimum atomic E-state index is -0.353. The first-order valence-corrected chi connectivity index (χ1v) is 6.08. The van der Waals surface area contributed by atoms with E-state index in [1.54, 1.807) is 6.92 Å². The Morgan fingerprint density at radius 2 is 2.06 bits per heavy atom. The lowest BCUT2D eigenvalue weighted by Crippen LogP contribution is -2.27. The molecule has 0 bridgehead atoms. The summed E-state index contributed by atoms with van der Waals surface area (Å²) in [5.74, 6) is 0.259. The van der Waals surface area contributed by atoms with Gasteiger partial charge in [0.05, 0.1) is 6.61 Å². The Balaban J connectivity index is 2.35. The van der Waals surface area contributed by atoms with Gasteiger partial charge in [0.15, 0.2) is 0 Å². The van der Waals surface area contributed by atoms with Gasteiger partial charge in [0.2, 0.25) is 0 Å². The van der Waals surface area contributed by atoms with Crippen LogP contribution in [0, 0.1) is 11.8 Å². The normalized spacial score (nSPS) is 19.1. The molecule has 0 radical (unpaired) electrons. The zero-order valence-corrected chi connectivity index (χ0v) is 10.1. The Labute approximate surface area is 97.5 Å². The van der Waals surface area contributed by atoms with E-state index in [-0.39, 0.29) is 18.5 Å². The van der Waals surface area contributed by atoms with E-state index in [1.165, 1.54) is 19.3 Å². The molecule has 1 aliphatic carbocycles. The summed E-state index contributed by atoms with van der Waals surface area (Å²) in [7, 11) is 0. The van der Waals surface area contributed by atoms with Gasteiger partial charge in [-0.05, 0) is 25.7 Å². The summed E-state index contributed by atoms with van der Waals surface area (Å²) >= 11 is 0. The number of hydrogen-bond donors (Lipinski definition) is 1. The third kappa shape index (κ3) is 3.97. The lowest BCUT2D eigenvalue weighted by atomic mass is 9.81. The predicted octanol–water partition coefficient (Wildman–Crippen LogP) is 2.29. The summed E-state index contributed by atoms with van der Waals surface area (Å²) in [4.78, 5) is 11.2. The molecule has 1 aliphatic rings. The molecule has 3 heteroatoms. The summed E-state index contributed by atoms with van der Waals surface area (Å²) in [6, 6.07) is 0. The number of carbonyl (C=O) groups is 1. The van der Waals surface area contributed by atoms with Crippen molar-refractivity contribution in [2.75, 3.05) is 13.2 Å². The maximum absolute atomic E-state index is 11.2. The van der Waals surface area contributed by atoms with Gasteiger partial charge in [-0.25, -0.2) is 4.79 Å². The number of aliphatic hydroxyl groups is 1. The zero-order valence-electron chi connectivity index (χ0n) is 10.1. The van der Waals surface area contributed by atoms with Crippen LogP contribution in [0.3, 0.4) is 0 Å². The Hall–Kier alpha value is -0.830. The summed E-state index contributed by atoms with van der Waals surface area (Å²) in [6.45, 7) is 5.60. The van der Waals surface area contributed by atoms with Gasteiger partial charge in [-0.2, -0.15) is 0 Å². The van der Waals surface area contributed by atoms with Crippen LogP contribution in [0.2, 0.25) is 0 Å². The van der Waals surface area contributed by atoms with E-state index in [4.69, 9.17) is 4.74 Å². The second-order valence-electron chi connectivity index (χ2n) is 4.72. The Morgan fingerprint density at radius 3 is 2.56 bits per heavy atom. The highest BCUT2D eigenvalue weighted by atomic mass is 16.5. The molecule has 0 spiro atoms. The third-order valence-corrected chi connectivity index (χ3v) is 3.33. The first kappa shape index (κ1) is 13.2. The molecule has 3 nitrogen and oxygen atoms in total. The fourth-order valence-electron chi connectivity index (χ4n) is 2.25. The number of carbonyl (C=O) groups excluding carboxylic acids is 1. The summed E-state index contributed by atoms with van der Waals surface area (Å²) in [5, 5.41) is 9.32. The molecule has 1 atom stereocenters. The molecule has 1 fully saturated rings. The second kappa shape index (κ2) is 6.69. The monoisotopic (exact) mass is 226 g/mol. The summed E-state index contributed by atoms with van der Waals surface area (Å²) < 4.78 is 5.11. The number of ether oxygens (including phenoxy) is 1. The number of esters is 1. The largest absolute Gasteiger partial charge is 0.462 e. The minimum absolute atomic E-state index is 0.101. The van der Waals surface area contributed by atoms with Crippen molar-refractivity contribution in [1.29, 1.82) is 0 Å². The van der Waals surface area contributed by atoms with Crippen molar-refractivity contribution in [1.82, 2.24) is 0 Å². The maximum atomic E-state index is 11.2. The van der Waals surface area contributed by atoms with Gasteiger partial charge >= 0.3 is 5.97 Å². The molecule has 1 unspecified atom stereocenters. The van der Waals surface area contributed by atoms with E-state index in [2.05, 4.69) is 6.58 Å². The zero-order chi connectivity index (χ0) is 12.0. The van der Waals surface area contributed by atoms with Crippen molar-refractivity contribution in [3.05, 3.63) is 12.2 Å². The molecule has 0 saturated heterocycles. The molecule has 16 heavy (non-hydrogen) atoms. The van der Waals surface area contributed by atoms with Crippen molar-refractivity contribution in [2.45, 2.75) is 39.0 Å². The van der Waals surface area contributed by atoms with Crippen molar-refractivity contribution in [2.24, 2.45) is 11.8 Å². The fourth-order valence-corrected chi connectivity index (χ4v) is 2.25. The fraction of sp³-hybridized carbons (Fsp3) is 0.769. The third-order valence-electron chi connectivity index (χ3n) is 3.33. The second-order valence-corrected chi connectivity index (χ2v) is 4.72. The molecule has 0 aromatic carbocycles. The van der Waals surface area contributed by atoms with Crippen LogP contribution in [0.1, 0.15) is 39.0 Å². The first-order valence-electron chi connectivity index (χ1n) is 6.08.